The van der Waals surface area contributed by atoms with E-state index >= 15 is 0 Å². The third-order valence-corrected chi connectivity index (χ3v) is 3.68. The number of nitrogens with zero attached hydrogens (tertiary/aromatic N) is 4. The molecule has 2 aromatic rings. The standard InChI is InChI=1S/C16H20N4O/c1-19-7-9-20(10-8-19)15-11-16(18-13-17-15)21-12-14-5-3-2-4-6-14/h2-6,11,13H,7-10,12H2,1H3. The van der Waals surface area contributed by atoms with Crippen LogP contribution in [0.5, 0.6) is 5.88 Å². The highest BCUT2D eigenvalue weighted by Gasteiger charge is 2.15. The van der Waals surface area contributed by atoms with Crippen molar-refractivity contribution in [1.29, 1.82) is 0 Å². The van der Waals surface area contributed by atoms with E-state index in [1.807, 2.05) is 36.4 Å². The molecule has 5 heteroatoms. The molecule has 0 saturated carbocycles. The molecule has 0 aliphatic carbocycles. The minimum atomic E-state index is 0.528. The van der Waals surface area contributed by atoms with E-state index in [0.717, 1.165) is 37.6 Å². The molecule has 0 unspecified atom stereocenters. The van der Waals surface area contributed by atoms with Crippen LogP contribution < -0.4 is 9.64 Å². The topological polar surface area (TPSA) is 41.5 Å². The summed E-state index contributed by atoms with van der Waals surface area (Å²) in [5.74, 6) is 1.57. The maximum absolute atomic E-state index is 5.76. The first-order valence-electron chi connectivity index (χ1n) is 7.23. The quantitative estimate of drug-likeness (QED) is 0.856. The maximum atomic E-state index is 5.76. The van der Waals surface area contributed by atoms with E-state index in [1.165, 1.54) is 0 Å². The lowest BCUT2D eigenvalue weighted by Crippen LogP contribution is -2.44. The Morgan fingerprint density at radius 3 is 2.57 bits per heavy atom. The zero-order valence-electron chi connectivity index (χ0n) is 12.3. The summed E-state index contributed by atoms with van der Waals surface area (Å²) in [5, 5.41) is 0. The van der Waals surface area contributed by atoms with Crippen LogP contribution in [0.1, 0.15) is 5.56 Å². The van der Waals surface area contributed by atoms with Gasteiger partial charge in [0, 0.05) is 32.2 Å². The summed E-state index contributed by atoms with van der Waals surface area (Å²) >= 11 is 0. The van der Waals surface area contributed by atoms with E-state index in [9.17, 15) is 0 Å². The van der Waals surface area contributed by atoms with Crippen molar-refractivity contribution in [3.8, 4) is 5.88 Å². The van der Waals surface area contributed by atoms with E-state index in [0.29, 0.717) is 12.5 Å². The fourth-order valence-corrected chi connectivity index (χ4v) is 2.35. The molecule has 3 rings (SSSR count). The van der Waals surface area contributed by atoms with Gasteiger partial charge in [0.05, 0.1) is 0 Å². The molecule has 110 valence electrons. The molecule has 1 aromatic heterocycles. The van der Waals surface area contributed by atoms with Crippen LogP contribution in [0.3, 0.4) is 0 Å². The zero-order chi connectivity index (χ0) is 14.5. The highest BCUT2D eigenvalue weighted by Crippen LogP contribution is 2.18. The first-order valence-corrected chi connectivity index (χ1v) is 7.23. The molecular weight excluding hydrogens is 264 g/mol. The molecule has 1 aliphatic rings. The predicted octanol–water partition coefficient (Wildman–Crippen LogP) is 1.81. The van der Waals surface area contributed by atoms with Gasteiger partial charge in [-0.2, -0.15) is 0 Å². The van der Waals surface area contributed by atoms with E-state index in [2.05, 4.69) is 26.8 Å². The lowest BCUT2D eigenvalue weighted by Gasteiger charge is -2.33. The Labute approximate surface area is 125 Å². The average molecular weight is 284 g/mol. The summed E-state index contributed by atoms with van der Waals surface area (Å²) in [6.45, 7) is 4.63. The van der Waals surface area contributed by atoms with Crippen LogP contribution in [0.25, 0.3) is 0 Å². The van der Waals surface area contributed by atoms with Crippen LogP contribution in [0.2, 0.25) is 0 Å². The van der Waals surface area contributed by atoms with Crippen molar-refractivity contribution in [2.75, 3.05) is 38.1 Å². The molecule has 0 spiro atoms. The van der Waals surface area contributed by atoms with Crippen molar-refractivity contribution in [2.45, 2.75) is 6.61 Å². The van der Waals surface area contributed by atoms with Gasteiger partial charge < -0.3 is 14.5 Å². The first-order chi connectivity index (χ1) is 10.3. The molecule has 5 nitrogen and oxygen atoms in total. The number of ether oxygens (including phenoxy) is 1. The number of rotatable bonds is 4. The Morgan fingerprint density at radius 1 is 1.05 bits per heavy atom. The molecule has 0 atom stereocenters. The molecular formula is C16H20N4O. The molecule has 0 N–H and O–H groups in total. The van der Waals surface area contributed by atoms with Crippen molar-refractivity contribution >= 4 is 5.82 Å². The largest absolute Gasteiger partial charge is 0.473 e. The second-order valence-electron chi connectivity index (χ2n) is 5.28. The summed E-state index contributed by atoms with van der Waals surface area (Å²) in [4.78, 5) is 13.2. The molecule has 1 aromatic carbocycles. The van der Waals surface area contributed by atoms with Gasteiger partial charge in [0.1, 0.15) is 18.8 Å². The van der Waals surface area contributed by atoms with Crippen molar-refractivity contribution in [1.82, 2.24) is 14.9 Å². The second-order valence-corrected chi connectivity index (χ2v) is 5.28. The van der Waals surface area contributed by atoms with Crippen LogP contribution >= 0.6 is 0 Å². The normalized spacial score (nSPS) is 16.0. The fourth-order valence-electron chi connectivity index (χ4n) is 2.35. The van der Waals surface area contributed by atoms with Gasteiger partial charge in [-0.25, -0.2) is 9.97 Å². The average Bonchev–Trinajstić information content (AvgIpc) is 2.55. The van der Waals surface area contributed by atoms with Gasteiger partial charge in [0.2, 0.25) is 5.88 Å². The summed E-state index contributed by atoms with van der Waals surface area (Å²) in [6.07, 6.45) is 1.58. The van der Waals surface area contributed by atoms with Gasteiger partial charge in [-0.3, -0.25) is 0 Å². The number of hydrogen-bond donors (Lipinski definition) is 0. The predicted molar refractivity (Wildman–Crippen MR) is 82.5 cm³/mol. The minimum Gasteiger partial charge on any atom is -0.473 e. The third-order valence-electron chi connectivity index (χ3n) is 3.68. The second kappa shape index (κ2) is 6.54. The highest BCUT2D eigenvalue weighted by atomic mass is 16.5. The molecule has 0 amide bonds. The number of aromatic nitrogens is 2. The first kappa shape index (κ1) is 13.8. The van der Waals surface area contributed by atoms with Gasteiger partial charge in [-0.1, -0.05) is 30.3 Å². The van der Waals surface area contributed by atoms with Crippen LogP contribution in [0.15, 0.2) is 42.7 Å². The lowest BCUT2D eigenvalue weighted by atomic mass is 10.2. The Morgan fingerprint density at radius 2 is 1.81 bits per heavy atom. The fraction of sp³-hybridized carbons (Fsp3) is 0.375. The van der Waals surface area contributed by atoms with Crippen molar-refractivity contribution in [3.05, 3.63) is 48.3 Å². The van der Waals surface area contributed by atoms with E-state index in [4.69, 9.17) is 4.74 Å². The molecule has 1 saturated heterocycles. The Kier molecular flexibility index (Phi) is 4.31. The van der Waals surface area contributed by atoms with Crippen molar-refractivity contribution in [3.63, 3.8) is 0 Å². The number of hydrogen-bond acceptors (Lipinski definition) is 5. The van der Waals surface area contributed by atoms with Crippen LogP contribution in [-0.4, -0.2) is 48.1 Å². The lowest BCUT2D eigenvalue weighted by molar-refractivity contribution is 0.292. The summed E-state index contributed by atoms with van der Waals surface area (Å²) in [6, 6.07) is 12.0. The van der Waals surface area contributed by atoms with Crippen molar-refractivity contribution in [2.24, 2.45) is 0 Å². The summed E-state index contributed by atoms with van der Waals surface area (Å²) < 4.78 is 5.76. The molecule has 1 aliphatic heterocycles. The molecule has 21 heavy (non-hydrogen) atoms. The Bertz CT molecular complexity index is 567. The minimum absolute atomic E-state index is 0.528. The smallest absolute Gasteiger partial charge is 0.218 e. The van der Waals surface area contributed by atoms with Gasteiger partial charge in [-0.05, 0) is 12.6 Å². The molecule has 0 radical (unpaired) electrons. The number of anilines is 1. The summed E-state index contributed by atoms with van der Waals surface area (Å²) in [5.41, 5.74) is 1.14. The van der Waals surface area contributed by atoms with Crippen LogP contribution in [-0.2, 0) is 6.61 Å². The maximum Gasteiger partial charge on any atom is 0.218 e. The van der Waals surface area contributed by atoms with E-state index < -0.39 is 0 Å². The number of benzene rings is 1. The van der Waals surface area contributed by atoms with E-state index in [1.54, 1.807) is 6.33 Å². The van der Waals surface area contributed by atoms with E-state index in [-0.39, 0.29) is 0 Å². The van der Waals surface area contributed by atoms with Crippen molar-refractivity contribution < 1.29 is 4.74 Å². The van der Waals surface area contributed by atoms with Gasteiger partial charge in [0.15, 0.2) is 0 Å². The summed E-state index contributed by atoms with van der Waals surface area (Å²) in [7, 11) is 2.14. The highest BCUT2D eigenvalue weighted by molar-refractivity contribution is 5.41. The van der Waals surface area contributed by atoms with Gasteiger partial charge in [0.25, 0.3) is 0 Å². The van der Waals surface area contributed by atoms with Gasteiger partial charge >= 0.3 is 0 Å². The number of likely N-dealkylation sites (N-methyl/N-ethyl adjacent to an activating group) is 1. The monoisotopic (exact) mass is 284 g/mol. The van der Waals surface area contributed by atoms with Crippen LogP contribution in [0, 0.1) is 0 Å². The molecule has 1 fully saturated rings. The Hall–Kier alpha value is -2.14. The number of piperazine rings is 1. The Balaban J connectivity index is 1.63. The van der Waals surface area contributed by atoms with Crippen LogP contribution in [0.4, 0.5) is 5.82 Å². The zero-order valence-corrected chi connectivity index (χ0v) is 12.3. The van der Waals surface area contributed by atoms with Gasteiger partial charge in [-0.15, -0.1) is 0 Å². The molecule has 0 bridgehead atoms. The molecule has 2 heterocycles. The SMILES string of the molecule is CN1CCN(c2cc(OCc3ccccc3)ncn2)CC1. The third kappa shape index (κ3) is 3.70.